The number of nitrogens with one attached hydrogen (secondary N) is 1. The number of carbonyl (C=O) groups excluding carboxylic acids is 1. The molecule has 1 heterocycles. The van der Waals surface area contributed by atoms with E-state index in [0.29, 0.717) is 17.5 Å². The van der Waals surface area contributed by atoms with Gasteiger partial charge in [0, 0.05) is 36.7 Å². The molecule has 0 saturated carbocycles. The third-order valence-electron chi connectivity index (χ3n) is 3.75. The molecular weight excluding hydrogens is 332 g/mol. The molecule has 1 N–H and O–H groups in total. The monoisotopic (exact) mass is 358 g/mol. The third kappa shape index (κ3) is 6.38. The van der Waals surface area contributed by atoms with Crippen LogP contribution in [0.2, 0.25) is 0 Å². The fourth-order valence-corrected chi connectivity index (χ4v) is 3.34. The van der Waals surface area contributed by atoms with Crippen LogP contribution in [0.5, 0.6) is 0 Å². The average Bonchev–Trinajstić information content (AvgIpc) is 2.56. The zero-order valence-electron chi connectivity index (χ0n) is 15.4. The lowest BCUT2D eigenvalue weighted by atomic mass is 10.2. The van der Waals surface area contributed by atoms with E-state index in [9.17, 15) is 4.79 Å². The number of carbonyl (C=O) groups is 1. The molecule has 2 aromatic rings. The summed E-state index contributed by atoms with van der Waals surface area (Å²) in [4.78, 5) is 23.0. The second-order valence-corrected chi connectivity index (χ2v) is 6.93. The average molecular weight is 359 g/mol. The van der Waals surface area contributed by atoms with Crippen LogP contribution in [0.4, 0.5) is 5.69 Å². The first-order valence-corrected chi connectivity index (χ1v) is 9.50. The van der Waals surface area contributed by atoms with Gasteiger partial charge in [-0.15, -0.1) is 0 Å². The van der Waals surface area contributed by atoms with Crippen molar-refractivity contribution in [1.29, 1.82) is 0 Å². The molecule has 5 nitrogen and oxygen atoms in total. The van der Waals surface area contributed by atoms with E-state index >= 15 is 0 Å². The minimum absolute atomic E-state index is 0.00746. The molecule has 0 fully saturated rings. The third-order valence-corrected chi connectivity index (χ3v) is 4.59. The van der Waals surface area contributed by atoms with Crippen LogP contribution in [-0.4, -0.2) is 41.3 Å². The number of hydrogen-bond acceptors (Lipinski definition) is 5. The zero-order valence-corrected chi connectivity index (χ0v) is 16.2. The highest BCUT2D eigenvalue weighted by Crippen LogP contribution is 2.15. The van der Waals surface area contributed by atoms with Crippen LogP contribution in [-0.2, 0) is 4.79 Å². The number of amides is 1. The summed E-state index contributed by atoms with van der Waals surface area (Å²) in [6.07, 6.45) is 0. The lowest BCUT2D eigenvalue weighted by molar-refractivity contribution is -0.118. The van der Waals surface area contributed by atoms with Crippen molar-refractivity contribution in [2.24, 2.45) is 0 Å². The van der Waals surface area contributed by atoms with E-state index in [2.05, 4.69) is 58.3 Å². The van der Waals surface area contributed by atoms with Crippen LogP contribution in [0.1, 0.15) is 23.9 Å². The van der Waals surface area contributed by atoms with Gasteiger partial charge in [0.1, 0.15) is 0 Å². The van der Waals surface area contributed by atoms with Crippen molar-refractivity contribution in [3.8, 4) is 0 Å². The first-order valence-electron chi connectivity index (χ1n) is 8.51. The summed E-state index contributed by atoms with van der Waals surface area (Å²) in [6, 6.07) is 10.3. The van der Waals surface area contributed by atoms with Crippen molar-refractivity contribution in [3.05, 3.63) is 47.3 Å². The molecule has 0 saturated heterocycles. The number of aromatic nitrogens is 2. The van der Waals surface area contributed by atoms with Crippen molar-refractivity contribution in [2.45, 2.75) is 32.9 Å². The molecule has 1 amide bonds. The van der Waals surface area contributed by atoms with Gasteiger partial charge in [0.2, 0.25) is 5.91 Å². The first-order chi connectivity index (χ1) is 12.0. The molecular formula is C19H26N4OS. The van der Waals surface area contributed by atoms with E-state index < -0.39 is 0 Å². The van der Waals surface area contributed by atoms with Crippen LogP contribution < -0.4 is 10.2 Å². The van der Waals surface area contributed by atoms with Crippen molar-refractivity contribution >= 4 is 23.4 Å². The maximum absolute atomic E-state index is 12.0. The standard InChI is InChI=1S/C19H26N4OS/c1-5-23(17-8-6-7-14(2)11-17)10-9-20-18(24)13-25-19-21-15(3)12-16(4)22-19/h6-8,11-12H,5,9-10,13H2,1-4H3,(H,20,24). The molecule has 1 aromatic carbocycles. The second kappa shape index (κ2) is 9.42. The molecule has 0 spiro atoms. The van der Waals surface area contributed by atoms with Gasteiger partial charge in [-0.25, -0.2) is 9.97 Å². The Bertz CT molecular complexity index is 700. The largest absolute Gasteiger partial charge is 0.370 e. The highest BCUT2D eigenvalue weighted by Gasteiger charge is 2.08. The summed E-state index contributed by atoms with van der Waals surface area (Å²) >= 11 is 1.37. The Labute approximate surface area is 154 Å². The predicted molar refractivity (Wildman–Crippen MR) is 104 cm³/mol. The second-order valence-electron chi connectivity index (χ2n) is 5.99. The maximum atomic E-state index is 12.0. The maximum Gasteiger partial charge on any atom is 0.230 e. The van der Waals surface area contributed by atoms with Crippen LogP contribution >= 0.6 is 11.8 Å². The number of thioether (sulfide) groups is 1. The lowest BCUT2D eigenvalue weighted by Gasteiger charge is -2.23. The van der Waals surface area contributed by atoms with E-state index in [0.717, 1.165) is 24.5 Å². The molecule has 0 unspecified atom stereocenters. The summed E-state index contributed by atoms with van der Waals surface area (Å²) in [6.45, 7) is 10.4. The Kier molecular flexibility index (Phi) is 7.25. The van der Waals surface area contributed by atoms with E-state index in [-0.39, 0.29) is 5.91 Å². The highest BCUT2D eigenvalue weighted by atomic mass is 32.2. The van der Waals surface area contributed by atoms with Crippen molar-refractivity contribution in [2.75, 3.05) is 30.3 Å². The fraction of sp³-hybridized carbons (Fsp3) is 0.421. The highest BCUT2D eigenvalue weighted by molar-refractivity contribution is 7.99. The molecule has 0 atom stereocenters. The summed E-state index contributed by atoms with van der Waals surface area (Å²) in [7, 11) is 0. The van der Waals surface area contributed by atoms with E-state index in [1.807, 2.05) is 19.9 Å². The van der Waals surface area contributed by atoms with Gasteiger partial charge in [-0.2, -0.15) is 0 Å². The molecule has 25 heavy (non-hydrogen) atoms. The van der Waals surface area contributed by atoms with Crippen LogP contribution in [0.3, 0.4) is 0 Å². The Morgan fingerprint density at radius 3 is 2.52 bits per heavy atom. The Balaban J connectivity index is 1.77. The number of anilines is 1. The fourth-order valence-electron chi connectivity index (χ4n) is 2.56. The van der Waals surface area contributed by atoms with Crippen LogP contribution in [0, 0.1) is 20.8 Å². The minimum Gasteiger partial charge on any atom is -0.370 e. The summed E-state index contributed by atoms with van der Waals surface area (Å²) in [5.41, 5.74) is 4.28. The summed E-state index contributed by atoms with van der Waals surface area (Å²) < 4.78 is 0. The van der Waals surface area contributed by atoms with Crippen molar-refractivity contribution in [1.82, 2.24) is 15.3 Å². The quantitative estimate of drug-likeness (QED) is 0.580. The number of nitrogens with zero attached hydrogens (tertiary/aromatic N) is 3. The molecule has 0 aliphatic carbocycles. The van der Waals surface area contributed by atoms with Gasteiger partial charge in [-0.3, -0.25) is 4.79 Å². The van der Waals surface area contributed by atoms with Gasteiger partial charge in [-0.1, -0.05) is 23.9 Å². The first kappa shape index (κ1) is 19.2. The van der Waals surface area contributed by atoms with E-state index in [1.165, 1.54) is 23.0 Å². The Morgan fingerprint density at radius 2 is 1.88 bits per heavy atom. The van der Waals surface area contributed by atoms with Crippen molar-refractivity contribution in [3.63, 3.8) is 0 Å². The summed E-state index contributed by atoms with van der Waals surface area (Å²) in [5, 5.41) is 3.63. The zero-order chi connectivity index (χ0) is 18.2. The normalized spacial score (nSPS) is 10.6. The Morgan fingerprint density at radius 1 is 1.16 bits per heavy atom. The molecule has 0 aliphatic rings. The van der Waals surface area contributed by atoms with E-state index in [1.54, 1.807) is 0 Å². The number of aryl methyl sites for hydroxylation is 3. The van der Waals surface area contributed by atoms with Gasteiger partial charge in [0.15, 0.2) is 5.16 Å². The van der Waals surface area contributed by atoms with Crippen LogP contribution in [0.25, 0.3) is 0 Å². The lowest BCUT2D eigenvalue weighted by Crippen LogP contribution is -2.35. The van der Waals surface area contributed by atoms with Gasteiger partial charge < -0.3 is 10.2 Å². The predicted octanol–water partition coefficient (Wildman–Crippen LogP) is 3.14. The van der Waals surface area contributed by atoms with E-state index in [4.69, 9.17) is 0 Å². The molecule has 134 valence electrons. The smallest absolute Gasteiger partial charge is 0.230 e. The van der Waals surface area contributed by atoms with Gasteiger partial charge >= 0.3 is 0 Å². The Hall–Kier alpha value is -2.08. The number of rotatable bonds is 8. The molecule has 1 aromatic heterocycles. The summed E-state index contributed by atoms with van der Waals surface area (Å²) in [5.74, 6) is 0.340. The van der Waals surface area contributed by atoms with Gasteiger partial charge in [-0.05, 0) is 51.5 Å². The molecule has 0 bridgehead atoms. The number of likely N-dealkylation sites (N-methyl/N-ethyl adjacent to an activating group) is 1. The van der Waals surface area contributed by atoms with Crippen molar-refractivity contribution < 1.29 is 4.79 Å². The van der Waals surface area contributed by atoms with Crippen LogP contribution in [0.15, 0.2) is 35.5 Å². The molecule has 6 heteroatoms. The minimum atomic E-state index is 0.00746. The SMILES string of the molecule is CCN(CCNC(=O)CSc1nc(C)cc(C)n1)c1cccc(C)c1. The molecule has 0 radical (unpaired) electrons. The number of hydrogen-bond donors (Lipinski definition) is 1. The molecule has 0 aliphatic heterocycles. The van der Waals surface area contributed by atoms with Gasteiger partial charge in [0.25, 0.3) is 0 Å². The van der Waals surface area contributed by atoms with Gasteiger partial charge in [0.05, 0.1) is 5.75 Å². The topological polar surface area (TPSA) is 58.1 Å². The number of benzene rings is 1. The molecule has 2 rings (SSSR count).